The molecule has 0 radical (unpaired) electrons. The van der Waals surface area contributed by atoms with Crippen LogP contribution in [0.15, 0.2) is 48.5 Å². The Balaban J connectivity index is 1.73. The van der Waals surface area contributed by atoms with Gasteiger partial charge < -0.3 is 4.57 Å². The zero-order valence-electron chi connectivity index (χ0n) is 15.6. The summed E-state index contributed by atoms with van der Waals surface area (Å²) in [6, 6.07) is 8.90. The molecule has 4 nitrogen and oxygen atoms in total. The molecule has 0 aliphatic heterocycles. The second-order valence-corrected chi connectivity index (χ2v) is 6.70. The molecule has 2 aromatic carbocycles. The van der Waals surface area contributed by atoms with E-state index < -0.39 is 29.4 Å². The van der Waals surface area contributed by atoms with Crippen LogP contribution in [0.4, 0.5) is 30.7 Å². The van der Waals surface area contributed by atoms with Gasteiger partial charge in [-0.15, -0.1) is 10.2 Å². The van der Waals surface area contributed by atoms with E-state index in [0.29, 0.717) is 11.1 Å². The van der Waals surface area contributed by atoms with Crippen LogP contribution in [0.2, 0.25) is 0 Å². The van der Waals surface area contributed by atoms with Crippen LogP contribution in [0.5, 0.6) is 0 Å². The Morgan fingerprint density at radius 1 is 0.774 bits per heavy atom. The maximum atomic E-state index is 14.8. The van der Waals surface area contributed by atoms with Crippen molar-refractivity contribution >= 4 is 11.2 Å². The van der Waals surface area contributed by atoms with E-state index in [1.807, 2.05) is 0 Å². The summed E-state index contributed by atoms with van der Waals surface area (Å²) in [7, 11) is 1.45. The van der Waals surface area contributed by atoms with Crippen molar-refractivity contribution in [3.05, 3.63) is 65.6 Å². The summed E-state index contributed by atoms with van der Waals surface area (Å²) in [5, 5.41) is 6.67. The molecular formula is C20H11F7N4. The highest BCUT2D eigenvalue weighted by Crippen LogP contribution is 2.33. The van der Waals surface area contributed by atoms with Crippen molar-refractivity contribution in [3.63, 3.8) is 0 Å². The summed E-state index contributed by atoms with van der Waals surface area (Å²) >= 11 is 0. The molecule has 0 amide bonds. The molecule has 0 saturated heterocycles. The topological polar surface area (TPSA) is 43.6 Å². The zero-order valence-corrected chi connectivity index (χ0v) is 15.6. The summed E-state index contributed by atoms with van der Waals surface area (Å²) in [4.78, 5) is 4.05. The minimum absolute atomic E-state index is 0.00952. The van der Waals surface area contributed by atoms with Crippen LogP contribution >= 0.6 is 0 Å². The number of nitrogens with zero attached hydrogens (tertiary/aromatic N) is 4. The molecule has 4 rings (SSSR count). The smallest absolute Gasteiger partial charge is 0.310 e. The molecule has 2 aromatic heterocycles. The third kappa shape index (κ3) is 3.82. The van der Waals surface area contributed by atoms with Gasteiger partial charge in [-0.05, 0) is 35.4 Å². The number of halogens is 7. The first-order valence-electron chi connectivity index (χ1n) is 8.70. The lowest BCUT2D eigenvalue weighted by Gasteiger charge is -2.09. The van der Waals surface area contributed by atoms with Crippen molar-refractivity contribution in [2.45, 2.75) is 12.4 Å². The van der Waals surface area contributed by atoms with Crippen LogP contribution in [0.25, 0.3) is 33.7 Å². The average molecular weight is 440 g/mol. The highest BCUT2D eigenvalue weighted by Gasteiger charge is 2.34. The summed E-state index contributed by atoms with van der Waals surface area (Å²) in [5.41, 5.74) is -1.43. The first-order valence-corrected chi connectivity index (χ1v) is 8.70. The molecule has 0 bridgehead atoms. The second kappa shape index (κ2) is 7.03. The van der Waals surface area contributed by atoms with Crippen molar-refractivity contribution in [2.75, 3.05) is 0 Å². The van der Waals surface area contributed by atoms with Crippen LogP contribution in [-0.4, -0.2) is 19.7 Å². The fourth-order valence-electron chi connectivity index (χ4n) is 3.09. The highest BCUT2D eigenvalue weighted by atomic mass is 19.4. The maximum absolute atomic E-state index is 14.8. The Morgan fingerprint density at radius 2 is 1.42 bits per heavy atom. The normalized spacial score (nSPS) is 12.5. The van der Waals surface area contributed by atoms with Gasteiger partial charge in [-0.1, -0.05) is 18.2 Å². The molecule has 0 N–H and O–H groups in total. The van der Waals surface area contributed by atoms with E-state index in [1.165, 1.54) is 35.9 Å². The van der Waals surface area contributed by atoms with Crippen LogP contribution in [0, 0.1) is 5.82 Å². The molecule has 0 aliphatic rings. The van der Waals surface area contributed by atoms with Crippen molar-refractivity contribution in [1.29, 1.82) is 0 Å². The minimum atomic E-state index is -4.70. The summed E-state index contributed by atoms with van der Waals surface area (Å²) in [6.07, 6.45) is -9.18. The molecule has 0 fully saturated rings. The Bertz CT molecular complexity index is 1270. The molecule has 11 heteroatoms. The molecule has 0 atom stereocenters. The summed E-state index contributed by atoms with van der Waals surface area (Å²) in [6.45, 7) is 0. The lowest BCUT2D eigenvalue weighted by atomic mass is 10.0. The van der Waals surface area contributed by atoms with Gasteiger partial charge in [0.25, 0.3) is 0 Å². The Morgan fingerprint density at radius 3 is 2.00 bits per heavy atom. The highest BCUT2D eigenvalue weighted by molar-refractivity contribution is 5.78. The van der Waals surface area contributed by atoms with Gasteiger partial charge in [-0.25, -0.2) is 9.37 Å². The van der Waals surface area contributed by atoms with E-state index in [0.717, 1.165) is 24.3 Å². The third-order valence-corrected chi connectivity index (χ3v) is 4.66. The number of hydrogen-bond donors (Lipinski definition) is 0. The Hall–Kier alpha value is -3.50. The first-order chi connectivity index (χ1) is 14.4. The lowest BCUT2D eigenvalue weighted by Crippen LogP contribution is -2.09. The van der Waals surface area contributed by atoms with Crippen LogP contribution < -0.4 is 0 Å². The number of fused-ring (bicyclic) bond motifs is 1. The van der Waals surface area contributed by atoms with E-state index in [-0.39, 0.29) is 22.6 Å². The number of aryl methyl sites for hydroxylation is 1. The zero-order chi connectivity index (χ0) is 22.6. The first kappa shape index (κ1) is 20.8. The summed E-state index contributed by atoms with van der Waals surface area (Å²) < 4.78 is 92.8. The number of hydrogen-bond acceptors (Lipinski definition) is 3. The van der Waals surface area contributed by atoms with Gasteiger partial charge in [-0.3, -0.25) is 0 Å². The molecule has 0 saturated carbocycles. The molecule has 0 aliphatic carbocycles. The predicted octanol–water partition coefficient (Wildman–Crippen LogP) is 5.87. The van der Waals surface area contributed by atoms with Gasteiger partial charge in [0, 0.05) is 13.1 Å². The van der Waals surface area contributed by atoms with Crippen LogP contribution in [0.3, 0.4) is 0 Å². The Kier molecular flexibility index (Phi) is 4.71. The molecular weight excluding hydrogens is 429 g/mol. The minimum Gasteiger partial charge on any atom is -0.310 e. The predicted molar refractivity (Wildman–Crippen MR) is 97.1 cm³/mol. The van der Waals surface area contributed by atoms with Gasteiger partial charge >= 0.3 is 12.4 Å². The number of rotatable bonds is 2. The monoisotopic (exact) mass is 440 g/mol. The molecule has 0 spiro atoms. The molecule has 0 unspecified atom stereocenters. The third-order valence-electron chi connectivity index (χ3n) is 4.66. The lowest BCUT2D eigenvalue weighted by molar-refractivity contribution is -0.141. The average Bonchev–Trinajstić information content (AvgIpc) is 3.02. The number of benzene rings is 2. The van der Waals surface area contributed by atoms with E-state index >= 15 is 0 Å². The van der Waals surface area contributed by atoms with Gasteiger partial charge in [0.15, 0.2) is 11.3 Å². The molecule has 160 valence electrons. The number of imidazole rings is 1. The standard InChI is InChI=1S/C20H11F7N4/c1-31-17(28-15-9-16(20(25,26)27)29-30-18(15)31)13-7-4-11(8-14(13)21)10-2-5-12(6-3-10)19(22,23)24/h2-9H,1H3. The quantitative estimate of drug-likeness (QED) is 0.366. The largest absolute Gasteiger partial charge is 0.435 e. The maximum Gasteiger partial charge on any atom is 0.435 e. The fraction of sp³-hybridized carbons (Fsp3) is 0.150. The van der Waals surface area contributed by atoms with Gasteiger partial charge in [0.2, 0.25) is 0 Å². The number of alkyl halides is 6. The van der Waals surface area contributed by atoms with Crippen molar-refractivity contribution < 1.29 is 30.7 Å². The van der Waals surface area contributed by atoms with Crippen LogP contribution in [0.1, 0.15) is 11.3 Å². The molecule has 4 aromatic rings. The molecule has 31 heavy (non-hydrogen) atoms. The van der Waals surface area contributed by atoms with Crippen molar-refractivity contribution in [3.8, 4) is 22.5 Å². The number of aromatic nitrogens is 4. The Labute approximate surface area is 170 Å². The van der Waals surface area contributed by atoms with E-state index in [2.05, 4.69) is 15.2 Å². The fourth-order valence-corrected chi connectivity index (χ4v) is 3.09. The van der Waals surface area contributed by atoms with E-state index in [4.69, 9.17) is 0 Å². The van der Waals surface area contributed by atoms with Gasteiger partial charge in [0.05, 0.1) is 11.1 Å². The van der Waals surface area contributed by atoms with Gasteiger partial charge in [-0.2, -0.15) is 26.3 Å². The SMILES string of the molecule is Cn1c(-c2ccc(-c3ccc(C(F)(F)F)cc3)cc2F)nc2cc(C(F)(F)F)nnc21. The van der Waals surface area contributed by atoms with Gasteiger partial charge in [0.1, 0.15) is 17.2 Å². The van der Waals surface area contributed by atoms with Crippen LogP contribution in [-0.2, 0) is 19.4 Å². The second-order valence-electron chi connectivity index (χ2n) is 6.70. The molecule has 2 heterocycles. The van der Waals surface area contributed by atoms with Crippen molar-refractivity contribution in [2.24, 2.45) is 7.05 Å². The van der Waals surface area contributed by atoms with E-state index in [1.54, 1.807) is 0 Å². The van der Waals surface area contributed by atoms with E-state index in [9.17, 15) is 30.7 Å². The van der Waals surface area contributed by atoms with Crippen molar-refractivity contribution in [1.82, 2.24) is 19.7 Å². The summed E-state index contributed by atoms with van der Waals surface area (Å²) in [5.74, 6) is -0.722.